The van der Waals surface area contributed by atoms with Crippen LogP contribution >= 0.6 is 0 Å². The zero-order valence-electron chi connectivity index (χ0n) is 22.0. The number of amides is 2. The van der Waals surface area contributed by atoms with Crippen LogP contribution in [-0.2, 0) is 30.2 Å². The van der Waals surface area contributed by atoms with Crippen LogP contribution in [0.5, 0.6) is 0 Å². The molecular formula is C27H34N4O8. The van der Waals surface area contributed by atoms with E-state index in [9.17, 15) is 24.6 Å². The van der Waals surface area contributed by atoms with Crippen molar-refractivity contribution in [3.05, 3.63) is 60.1 Å². The smallest absolute Gasteiger partial charge is 0.408 e. The normalized spacial score (nSPS) is 23.8. The molecule has 39 heavy (non-hydrogen) atoms. The van der Waals surface area contributed by atoms with Gasteiger partial charge in [0.05, 0.1) is 0 Å². The highest BCUT2D eigenvalue weighted by atomic mass is 16.6. The van der Waals surface area contributed by atoms with Gasteiger partial charge in [0.2, 0.25) is 5.91 Å². The summed E-state index contributed by atoms with van der Waals surface area (Å²) in [4.78, 5) is 41.8. The van der Waals surface area contributed by atoms with Crippen LogP contribution in [0.4, 0.5) is 4.79 Å². The summed E-state index contributed by atoms with van der Waals surface area (Å²) in [6, 6.07) is 6.44. The molecule has 0 bridgehead atoms. The molecule has 6 N–H and O–H groups in total. The second kappa shape index (κ2) is 11.5. The van der Waals surface area contributed by atoms with E-state index in [0.29, 0.717) is 12.0 Å². The molecule has 5 atom stereocenters. The first-order valence-electron chi connectivity index (χ1n) is 12.6. The Balaban J connectivity index is 1.44. The van der Waals surface area contributed by atoms with Gasteiger partial charge >= 0.3 is 12.1 Å². The number of H-pyrrole nitrogens is 1. The number of aliphatic hydroxyl groups excluding tert-OH is 2. The number of nitrogens with two attached hydrogens (primary N) is 1. The summed E-state index contributed by atoms with van der Waals surface area (Å²) in [6.07, 6.45) is 1.30. The first-order valence-corrected chi connectivity index (χ1v) is 12.6. The van der Waals surface area contributed by atoms with Crippen molar-refractivity contribution in [2.75, 3.05) is 6.61 Å². The van der Waals surface area contributed by atoms with Crippen LogP contribution in [0.25, 0.3) is 10.9 Å². The van der Waals surface area contributed by atoms with Crippen LogP contribution in [0.3, 0.4) is 0 Å². The topological polar surface area (TPSA) is 176 Å². The molecule has 12 nitrogen and oxygen atoms in total. The molecule has 0 aliphatic carbocycles. The van der Waals surface area contributed by atoms with Crippen molar-refractivity contribution in [3.8, 4) is 0 Å². The fourth-order valence-electron chi connectivity index (χ4n) is 4.44. The Morgan fingerprint density at radius 1 is 1.23 bits per heavy atom. The maximum atomic E-state index is 13.2. The highest BCUT2D eigenvalue weighted by molar-refractivity contribution is 5.92. The predicted octanol–water partition coefficient (Wildman–Crippen LogP) is 1.18. The van der Waals surface area contributed by atoms with Crippen molar-refractivity contribution in [3.63, 3.8) is 0 Å². The van der Waals surface area contributed by atoms with E-state index >= 15 is 0 Å². The molecule has 2 amide bonds. The van der Waals surface area contributed by atoms with Crippen molar-refractivity contribution >= 4 is 28.9 Å². The third kappa shape index (κ3) is 6.77. The number of hydrogen-bond donors (Lipinski definition) is 5. The fraction of sp³-hybridized carbons (Fsp3) is 0.444. The van der Waals surface area contributed by atoms with Crippen LogP contribution in [0.1, 0.15) is 32.8 Å². The zero-order valence-corrected chi connectivity index (χ0v) is 22.0. The number of rotatable bonds is 8. The van der Waals surface area contributed by atoms with Crippen LogP contribution in [-0.4, -0.2) is 80.9 Å². The van der Waals surface area contributed by atoms with Gasteiger partial charge in [-0.05, 0) is 38.8 Å². The second-order valence-electron chi connectivity index (χ2n) is 10.5. The van der Waals surface area contributed by atoms with Gasteiger partial charge in [0.25, 0.3) is 0 Å². The lowest BCUT2D eigenvalue weighted by atomic mass is 10.0. The van der Waals surface area contributed by atoms with E-state index in [4.69, 9.17) is 19.9 Å². The Labute approximate surface area is 225 Å². The summed E-state index contributed by atoms with van der Waals surface area (Å²) >= 11 is 0. The van der Waals surface area contributed by atoms with Crippen LogP contribution < -0.4 is 11.1 Å². The molecule has 2 aliphatic heterocycles. The van der Waals surface area contributed by atoms with Gasteiger partial charge in [-0.1, -0.05) is 24.3 Å². The minimum Gasteiger partial charge on any atom is -0.461 e. The summed E-state index contributed by atoms with van der Waals surface area (Å²) in [5.74, 6) is -1.38. The Kier molecular flexibility index (Phi) is 8.28. The summed E-state index contributed by atoms with van der Waals surface area (Å²) in [7, 11) is 0. The second-order valence-corrected chi connectivity index (χ2v) is 10.5. The molecule has 0 saturated carbocycles. The molecule has 0 radical (unpaired) electrons. The molecule has 4 rings (SSSR count). The van der Waals surface area contributed by atoms with Gasteiger partial charge in [0, 0.05) is 41.5 Å². The third-order valence-corrected chi connectivity index (χ3v) is 6.33. The monoisotopic (exact) mass is 542 g/mol. The van der Waals surface area contributed by atoms with Crippen molar-refractivity contribution in [1.82, 2.24) is 15.2 Å². The lowest BCUT2D eigenvalue weighted by Gasteiger charge is -2.28. The van der Waals surface area contributed by atoms with Crippen molar-refractivity contribution in [2.24, 2.45) is 5.73 Å². The number of nitrogens with one attached hydrogen (secondary N) is 2. The maximum absolute atomic E-state index is 13.2. The van der Waals surface area contributed by atoms with Crippen LogP contribution in [0.2, 0.25) is 0 Å². The molecule has 1 saturated heterocycles. The Hall–Kier alpha value is -3.87. The largest absolute Gasteiger partial charge is 0.461 e. The van der Waals surface area contributed by atoms with E-state index in [0.717, 1.165) is 16.5 Å². The van der Waals surface area contributed by atoms with Gasteiger partial charge in [0.15, 0.2) is 6.23 Å². The number of aliphatic hydroxyl groups is 2. The molecule has 12 heteroatoms. The molecule has 1 aromatic carbocycles. The number of alkyl carbamates (subject to hydrolysis) is 1. The molecule has 2 aliphatic rings. The Bertz CT molecular complexity index is 1280. The highest BCUT2D eigenvalue weighted by Gasteiger charge is 2.46. The Morgan fingerprint density at radius 3 is 2.69 bits per heavy atom. The fourth-order valence-corrected chi connectivity index (χ4v) is 4.44. The minimum atomic E-state index is -1.38. The van der Waals surface area contributed by atoms with E-state index in [1.165, 1.54) is 11.1 Å². The molecule has 3 heterocycles. The molecule has 2 aromatic rings. The number of fused-ring (bicyclic) bond motifs is 1. The number of para-hydroxylation sites is 1. The molecule has 1 aromatic heterocycles. The number of allylic oxidation sites excluding steroid dienone is 1. The lowest BCUT2D eigenvalue weighted by Crippen LogP contribution is -2.46. The molecule has 210 valence electrons. The average Bonchev–Trinajstić information content (AvgIpc) is 3.41. The number of aromatic nitrogens is 1. The number of ether oxygens (including phenoxy) is 3. The summed E-state index contributed by atoms with van der Waals surface area (Å²) in [6.45, 7) is 4.73. The molecule has 0 spiro atoms. The summed E-state index contributed by atoms with van der Waals surface area (Å²) in [5, 5.41) is 24.6. The SMILES string of the molecule is CC(C)(C)OC(=O)N[C@@H](Cc1c[nH]c2ccccc12)C(=O)OCC1O[C@@H](N2C=CCC(C(N)=O)=C2)[C@H](O)[C@@H]1O. The number of benzene rings is 1. The van der Waals surface area contributed by atoms with Crippen molar-refractivity contribution in [2.45, 2.75) is 69.8 Å². The third-order valence-electron chi connectivity index (χ3n) is 6.33. The summed E-state index contributed by atoms with van der Waals surface area (Å²) < 4.78 is 16.6. The van der Waals surface area contributed by atoms with E-state index < -0.39 is 60.8 Å². The van der Waals surface area contributed by atoms with Crippen LogP contribution in [0, 0.1) is 0 Å². The quantitative estimate of drug-likeness (QED) is 0.307. The van der Waals surface area contributed by atoms with Gasteiger partial charge < -0.3 is 45.4 Å². The Morgan fingerprint density at radius 2 is 1.97 bits per heavy atom. The van der Waals surface area contributed by atoms with E-state index in [1.807, 2.05) is 24.3 Å². The first kappa shape index (κ1) is 28.1. The zero-order chi connectivity index (χ0) is 28.3. The van der Waals surface area contributed by atoms with Crippen molar-refractivity contribution in [1.29, 1.82) is 0 Å². The number of carbonyl (C=O) groups is 3. The number of aromatic amines is 1. The van der Waals surface area contributed by atoms with Gasteiger partial charge in [-0.3, -0.25) is 4.79 Å². The lowest BCUT2D eigenvalue weighted by molar-refractivity contribution is -0.152. The van der Waals surface area contributed by atoms with Crippen molar-refractivity contribution < 1.29 is 38.8 Å². The van der Waals surface area contributed by atoms with Gasteiger partial charge in [-0.25, -0.2) is 9.59 Å². The van der Waals surface area contributed by atoms with Gasteiger partial charge in [-0.15, -0.1) is 0 Å². The van der Waals surface area contributed by atoms with Gasteiger partial charge in [0.1, 0.15) is 36.6 Å². The predicted molar refractivity (Wildman–Crippen MR) is 140 cm³/mol. The van der Waals surface area contributed by atoms with E-state index in [-0.39, 0.29) is 6.42 Å². The highest BCUT2D eigenvalue weighted by Crippen LogP contribution is 2.28. The molecule has 1 fully saturated rings. The number of hydrogen-bond acceptors (Lipinski definition) is 9. The van der Waals surface area contributed by atoms with Crippen LogP contribution in [0.15, 0.2) is 54.5 Å². The number of esters is 1. The number of primary amides is 1. The molecule has 1 unspecified atom stereocenters. The minimum absolute atomic E-state index is 0.112. The standard InChI is InChI=1S/C27H34N4O8/c1-27(2,3)39-26(36)30-19(11-16-12-29-18-9-5-4-8-17(16)18)25(35)37-14-20-21(32)22(33)24(38-20)31-10-6-7-15(13-31)23(28)34/h4-6,8-10,12-13,19-22,24,29,32-33H,7,11,14H2,1-3H3,(H2,28,34)(H,30,36)/t19-,20?,21+,22+,24+/m0/s1. The first-order chi connectivity index (χ1) is 18.4. The maximum Gasteiger partial charge on any atom is 0.408 e. The van der Waals surface area contributed by atoms with E-state index in [1.54, 1.807) is 39.2 Å². The molecular weight excluding hydrogens is 508 g/mol. The van der Waals surface area contributed by atoms with Gasteiger partial charge in [-0.2, -0.15) is 0 Å². The van der Waals surface area contributed by atoms with E-state index in [2.05, 4.69) is 10.3 Å². The summed E-state index contributed by atoms with van der Waals surface area (Å²) in [5.41, 5.74) is 6.54. The average molecular weight is 543 g/mol. The number of carbonyl (C=O) groups excluding carboxylic acids is 3. The number of nitrogens with zero attached hydrogens (tertiary/aromatic N) is 1.